The Balaban J connectivity index is 2.49. The summed E-state index contributed by atoms with van der Waals surface area (Å²) in [6.45, 7) is 0.414. The van der Waals surface area contributed by atoms with Crippen molar-refractivity contribution in [2.45, 2.75) is 0 Å². The van der Waals surface area contributed by atoms with Gasteiger partial charge in [-0.25, -0.2) is 0 Å². The van der Waals surface area contributed by atoms with Crippen LogP contribution in [0.3, 0.4) is 0 Å². The third-order valence-electron chi connectivity index (χ3n) is 0.931. The lowest BCUT2D eigenvalue weighted by Gasteiger charge is -1.99. The fraction of sp³-hybridized carbons (Fsp3) is 0.333. The summed E-state index contributed by atoms with van der Waals surface area (Å²) in [6.07, 6.45) is 0. The molecule has 0 bridgehead atoms. The maximum absolute atomic E-state index is 8.42. The minimum atomic E-state index is 0.0578. The van der Waals surface area contributed by atoms with Crippen molar-refractivity contribution in [3.8, 4) is 5.75 Å². The fourth-order valence-corrected chi connectivity index (χ4v) is 1.85. The van der Waals surface area contributed by atoms with Gasteiger partial charge < -0.3 is 9.84 Å². The molecule has 1 rings (SSSR count). The average molecular weight is 223 g/mol. The molecule has 0 aliphatic carbocycles. The highest BCUT2D eigenvalue weighted by molar-refractivity contribution is 9.10. The molecular weight excluding hydrogens is 216 g/mol. The topological polar surface area (TPSA) is 29.5 Å². The van der Waals surface area contributed by atoms with Crippen LogP contribution < -0.4 is 4.74 Å². The van der Waals surface area contributed by atoms with E-state index in [9.17, 15) is 0 Å². The summed E-state index contributed by atoms with van der Waals surface area (Å²) in [5, 5.41) is 12.2. The minimum Gasteiger partial charge on any atom is -0.489 e. The van der Waals surface area contributed by atoms with E-state index < -0.39 is 0 Å². The Labute approximate surface area is 71.6 Å². The van der Waals surface area contributed by atoms with Crippen molar-refractivity contribution in [3.63, 3.8) is 0 Å². The molecule has 0 saturated carbocycles. The highest BCUT2D eigenvalue weighted by atomic mass is 79.9. The molecule has 2 nitrogen and oxygen atoms in total. The molecule has 0 spiro atoms. The van der Waals surface area contributed by atoms with Crippen molar-refractivity contribution in [3.05, 3.63) is 15.2 Å². The normalized spacial score (nSPS) is 9.80. The average Bonchev–Trinajstić information content (AvgIpc) is 2.31. The van der Waals surface area contributed by atoms with Crippen molar-refractivity contribution in [1.82, 2.24) is 0 Å². The molecule has 0 aromatic carbocycles. The molecule has 0 amide bonds. The summed E-state index contributed by atoms with van der Waals surface area (Å²) in [5.74, 6) is 0.805. The molecular formula is C6H7BrO2S. The second-order valence-corrected chi connectivity index (χ2v) is 3.25. The highest BCUT2D eigenvalue weighted by Gasteiger charge is 1.99. The van der Waals surface area contributed by atoms with Crippen LogP contribution >= 0.6 is 27.3 Å². The first-order valence-corrected chi connectivity index (χ1v) is 4.53. The number of aliphatic hydroxyl groups is 1. The lowest BCUT2D eigenvalue weighted by atomic mass is 10.6. The smallest absolute Gasteiger partial charge is 0.144 e. The second-order valence-electron chi connectivity index (χ2n) is 1.66. The van der Waals surface area contributed by atoms with Gasteiger partial charge in [-0.2, -0.15) is 0 Å². The number of hydrogen-bond donors (Lipinski definition) is 1. The van der Waals surface area contributed by atoms with Gasteiger partial charge in [0, 0.05) is 10.8 Å². The van der Waals surface area contributed by atoms with Crippen molar-refractivity contribution in [2.75, 3.05) is 13.2 Å². The lowest BCUT2D eigenvalue weighted by Crippen LogP contribution is -2.00. The molecule has 56 valence electrons. The van der Waals surface area contributed by atoms with Gasteiger partial charge in [0.15, 0.2) is 0 Å². The zero-order chi connectivity index (χ0) is 7.40. The van der Waals surface area contributed by atoms with Gasteiger partial charge in [0.1, 0.15) is 12.4 Å². The number of ether oxygens (including phenoxy) is 1. The number of hydrogen-bond acceptors (Lipinski definition) is 3. The number of thiophene rings is 1. The molecule has 0 aliphatic heterocycles. The number of aliphatic hydroxyl groups excluding tert-OH is 1. The highest BCUT2D eigenvalue weighted by Crippen LogP contribution is 2.28. The van der Waals surface area contributed by atoms with Gasteiger partial charge in [-0.05, 0) is 15.9 Å². The van der Waals surface area contributed by atoms with Crippen LogP contribution in [-0.2, 0) is 0 Å². The van der Waals surface area contributed by atoms with Gasteiger partial charge in [-0.15, -0.1) is 11.3 Å². The van der Waals surface area contributed by atoms with Crippen LogP contribution in [-0.4, -0.2) is 18.3 Å². The Hall–Kier alpha value is -0.0600. The molecule has 10 heavy (non-hydrogen) atoms. The molecule has 1 aromatic rings. The Bertz CT molecular complexity index is 199. The monoisotopic (exact) mass is 222 g/mol. The van der Waals surface area contributed by atoms with E-state index in [1.54, 1.807) is 11.3 Å². The summed E-state index contributed by atoms with van der Waals surface area (Å²) in [5.41, 5.74) is 0. The van der Waals surface area contributed by atoms with Crippen molar-refractivity contribution >= 4 is 27.3 Å². The summed E-state index contributed by atoms with van der Waals surface area (Å²) in [7, 11) is 0. The molecule has 1 aromatic heterocycles. The van der Waals surface area contributed by atoms with Crippen molar-refractivity contribution in [1.29, 1.82) is 0 Å². The van der Waals surface area contributed by atoms with E-state index in [1.165, 1.54) is 0 Å². The maximum atomic E-state index is 8.42. The standard InChI is InChI=1S/C6H7BrO2S/c7-5-3-10-4-6(5)9-2-1-8/h3-4,8H,1-2H2. The first kappa shape index (κ1) is 8.04. The van der Waals surface area contributed by atoms with Crippen molar-refractivity contribution in [2.24, 2.45) is 0 Å². The number of rotatable bonds is 3. The van der Waals surface area contributed by atoms with Crippen LogP contribution in [0.25, 0.3) is 0 Å². The Morgan fingerprint density at radius 2 is 2.40 bits per heavy atom. The largest absolute Gasteiger partial charge is 0.489 e. The summed E-state index contributed by atoms with van der Waals surface area (Å²) in [6, 6.07) is 0. The lowest BCUT2D eigenvalue weighted by molar-refractivity contribution is 0.201. The van der Waals surface area contributed by atoms with Crippen LogP contribution in [0.5, 0.6) is 5.75 Å². The quantitative estimate of drug-likeness (QED) is 0.847. The van der Waals surface area contributed by atoms with Crippen LogP contribution in [0.1, 0.15) is 0 Å². The van der Waals surface area contributed by atoms with Crippen molar-refractivity contribution < 1.29 is 9.84 Å². The van der Waals surface area contributed by atoms with Gasteiger partial charge in [-0.1, -0.05) is 0 Å². The van der Waals surface area contributed by atoms with E-state index in [-0.39, 0.29) is 6.61 Å². The van der Waals surface area contributed by atoms with E-state index in [2.05, 4.69) is 15.9 Å². The molecule has 1 N–H and O–H groups in total. The molecule has 0 aliphatic rings. The first-order chi connectivity index (χ1) is 4.84. The zero-order valence-corrected chi connectivity index (χ0v) is 7.61. The summed E-state index contributed by atoms with van der Waals surface area (Å²) >= 11 is 4.86. The molecule has 0 fully saturated rings. The van der Waals surface area contributed by atoms with Gasteiger partial charge in [-0.3, -0.25) is 0 Å². The van der Waals surface area contributed by atoms with Gasteiger partial charge in [0.25, 0.3) is 0 Å². The summed E-state index contributed by atoms with van der Waals surface area (Å²) < 4.78 is 6.09. The maximum Gasteiger partial charge on any atom is 0.144 e. The predicted molar refractivity (Wildman–Crippen MR) is 44.6 cm³/mol. The van der Waals surface area contributed by atoms with E-state index in [0.29, 0.717) is 6.61 Å². The van der Waals surface area contributed by atoms with Gasteiger partial charge in [0.05, 0.1) is 11.1 Å². The predicted octanol–water partition coefficient (Wildman–Crippen LogP) is 1.88. The number of halogens is 1. The SMILES string of the molecule is OCCOc1cscc1Br. The fourth-order valence-electron chi connectivity index (χ4n) is 0.528. The van der Waals surface area contributed by atoms with E-state index >= 15 is 0 Å². The molecule has 0 unspecified atom stereocenters. The van der Waals surface area contributed by atoms with Gasteiger partial charge in [0.2, 0.25) is 0 Å². The minimum absolute atomic E-state index is 0.0578. The molecule has 1 heterocycles. The Morgan fingerprint density at radius 3 is 2.90 bits per heavy atom. The van der Waals surface area contributed by atoms with E-state index in [0.717, 1.165) is 10.2 Å². The molecule has 0 saturated heterocycles. The Morgan fingerprint density at radius 1 is 1.60 bits per heavy atom. The molecule has 0 radical (unpaired) electrons. The molecule has 4 heteroatoms. The van der Waals surface area contributed by atoms with Crippen LogP contribution in [0.15, 0.2) is 15.2 Å². The van der Waals surface area contributed by atoms with Crippen LogP contribution in [0, 0.1) is 0 Å². The van der Waals surface area contributed by atoms with Crippen LogP contribution in [0.4, 0.5) is 0 Å². The zero-order valence-electron chi connectivity index (χ0n) is 5.21. The third kappa shape index (κ3) is 1.97. The summed E-state index contributed by atoms with van der Waals surface area (Å²) in [4.78, 5) is 0. The molecule has 0 atom stereocenters. The Kier molecular flexibility index (Phi) is 3.18. The first-order valence-electron chi connectivity index (χ1n) is 2.80. The van der Waals surface area contributed by atoms with Gasteiger partial charge >= 0.3 is 0 Å². The second kappa shape index (κ2) is 3.95. The third-order valence-corrected chi connectivity index (χ3v) is 2.58. The van der Waals surface area contributed by atoms with E-state index in [4.69, 9.17) is 9.84 Å². The van der Waals surface area contributed by atoms with E-state index in [1.807, 2.05) is 10.8 Å². The van der Waals surface area contributed by atoms with Crippen LogP contribution in [0.2, 0.25) is 0 Å².